The Kier molecular flexibility index (Phi) is 1.87. The van der Waals surface area contributed by atoms with Gasteiger partial charge in [-0.15, -0.1) is 0 Å². The summed E-state index contributed by atoms with van der Waals surface area (Å²) in [5.41, 5.74) is 0. The fraction of sp³-hybridized carbons (Fsp3) is 0.778. The van der Waals surface area contributed by atoms with Crippen LogP contribution in [0.1, 0.15) is 34.5 Å². The summed E-state index contributed by atoms with van der Waals surface area (Å²) in [7, 11) is 0. The summed E-state index contributed by atoms with van der Waals surface area (Å²) in [6, 6.07) is 0.844. The highest BCUT2D eigenvalue weighted by molar-refractivity contribution is 4.90. The Morgan fingerprint density at radius 2 is 2.44 bits per heavy atom. The van der Waals surface area contributed by atoms with Gasteiger partial charge in [0.05, 0.1) is 1.37 Å². The normalized spacial score (nSPS) is 29.9. The molecule has 0 nitrogen and oxygen atoms in total. The first-order valence-corrected chi connectivity index (χ1v) is 3.86. The van der Waals surface area contributed by atoms with E-state index in [-0.39, 0.29) is 0 Å². The number of hydrogen-bond donors (Lipinski definition) is 0. The molecular weight excluding hydrogens is 108 g/mol. The van der Waals surface area contributed by atoms with Crippen LogP contribution < -0.4 is 0 Å². The van der Waals surface area contributed by atoms with Crippen LogP contribution in [0, 0.1) is 11.8 Å². The first kappa shape index (κ1) is 5.52. The van der Waals surface area contributed by atoms with Crippen molar-refractivity contribution in [3.05, 3.63) is 12.1 Å². The minimum Gasteiger partial charge on any atom is -0.0885 e. The molecule has 0 heterocycles. The lowest BCUT2D eigenvalue weighted by atomic mass is 9.85. The first-order chi connectivity index (χ1) is 4.70. The maximum Gasteiger partial charge on any atom is 0.0572 e. The van der Waals surface area contributed by atoms with Crippen LogP contribution in [0.15, 0.2) is 12.1 Å². The molecule has 0 aromatic rings. The SMILES string of the molecule is [2H]C1=CC[C@@H](C(C)C)CC1. The molecule has 0 radical (unpaired) electrons. The topological polar surface area (TPSA) is 0 Å². The average Bonchev–Trinajstić information content (AvgIpc) is 1.88. The van der Waals surface area contributed by atoms with E-state index in [0.717, 1.165) is 30.7 Å². The van der Waals surface area contributed by atoms with Crippen LogP contribution in [0.2, 0.25) is 0 Å². The van der Waals surface area contributed by atoms with Crippen LogP contribution in [-0.2, 0) is 0 Å². The molecule has 0 heteroatoms. The molecule has 0 fully saturated rings. The van der Waals surface area contributed by atoms with Gasteiger partial charge in [-0.25, -0.2) is 0 Å². The van der Waals surface area contributed by atoms with Gasteiger partial charge in [-0.2, -0.15) is 0 Å². The van der Waals surface area contributed by atoms with Gasteiger partial charge in [0.15, 0.2) is 0 Å². The van der Waals surface area contributed by atoms with Gasteiger partial charge in [0, 0.05) is 0 Å². The van der Waals surface area contributed by atoms with E-state index in [9.17, 15) is 0 Å². The summed E-state index contributed by atoms with van der Waals surface area (Å²) in [6.45, 7) is 4.54. The highest BCUT2D eigenvalue weighted by atomic mass is 14.2. The molecule has 0 aromatic heterocycles. The molecular formula is C9H16. The van der Waals surface area contributed by atoms with Crippen molar-refractivity contribution in [1.82, 2.24) is 0 Å². The third-order valence-electron chi connectivity index (χ3n) is 2.17. The second-order valence-corrected chi connectivity index (χ2v) is 3.19. The van der Waals surface area contributed by atoms with E-state index in [1.54, 1.807) is 0 Å². The zero-order chi connectivity index (χ0) is 7.56. The van der Waals surface area contributed by atoms with E-state index >= 15 is 0 Å². The minimum atomic E-state index is 0.796. The quantitative estimate of drug-likeness (QED) is 0.472. The maximum absolute atomic E-state index is 7.36. The maximum atomic E-state index is 7.36. The molecule has 1 atom stereocenters. The van der Waals surface area contributed by atoms with Crippen molar-refractivity contribution >= 4 is 0 Å². The molecule has 0 spiro atoms. The van der Waals surface area contributed by atoms with E-state index in [2.05, 4.69) is 19.9 Å². The second-order valence-electron chi connectivity index (χ2n) is 3.19. The number of rotatable bonds is 1. The van der Waals surface area contributed by atoms with Crippen LogP contribution in [0.5, 0.6) is 0 Å². The second kappa shape index (κ2) is 3.05. The molecule has 0 unspecified atom stereocenters. The van der Waals surface area contributed by atoms with Crippen LogP contribution >= 0.6 is 0 Å². The molecule has 0 aliphatic heterocycles. The minimum absolute atomic E-state index is 0.796. The third-order valence-corrected chi connectivity index (χ3v) is 2.17. The fourth-order valence-electron chi connectivity index (χ4n) is 1.33. The molecule has 1 aliphatic carbocycles. The van der Waals surface area contributed by atoms with Crippen molar-refractivity contribution in [2.45, 2.75) is 33.1 Å². The highest BCUT2D eigenvalue weighted by Gasteiger charge is 2.12. The molecule has 1 rings (SSSR count). The molecule has 0 bridgehead atoms. The van der Waals surface area contributed by atoms with Gasteiger partial charge in [0.25, 0.3) is 0 Å². The summed E-state index contributed by atoms with van der Waals surface area (Å²) in [5.74, 6) is 1.64. The zero-order valence-electron chi connectivity index (χ0n) is 7.35. The highest BCUT2D eigenvalue weighted by Crippen LogP contribution is 2.24. The van der Waals surface area contributed by atoms with Crippen molar-refractivity contribution in [3.8, 4) is 0 Å². The molecule has 0 saturated heterocycles. The van der Waals surface area contributed by atoms with Gasteiger partial charge in [0.2, 0.25) is 0 Å². The van der Waals surface area contributed by atoms with E-state index in [1.165, 1.54) is 6.42 Å². The molecule has 52 valence electrons. The molecule has 1 aliphatic rings. The lowest BCUT2D eigenvalue weighted by Crippen LogP contribution is -2.09. The van der Waals surface area contributed by atoms with E-state index in [4.69, 9.17) is 1.37 Å². The lowest BCUT2D eigenvalue weighted by molar-refractivity contribution is 0.356. The largest absolute Gasteiger partial charge is 0.0885 e. The van der Waals surface area contributed by atoms with Crippen molar-refractivity contribution in [1.29, 1.82) is 0 Å². The fourth-order valence-corrected chi connectivity index (χ4v) is 1.33. The van der Waals surface area contributed by atoms with Crippen LogP contribution in [0.4, 0.5) is 0 Å². The van der Waals surface area contributed by atoms with E-state index in [1.807, 2.05) is 0 Å². The zero-order valence-corrected chi connectivity index (χ0v) is 6.35. The summed E-state index contributed by atoms with van der Waals surface area (Å²) in [5, 5.41) is 0. The van der Waals surface area contributed by atoms with E-state index in [0.29, 0.717) is 0 Å². The predicted molar refractivity (Wildman–Crippen MR) is 41.3 cm³/mol. The Labute approximate surface area is 59.4 Å². The monoisotopic (exact) mass is 125 g/mol. The Hall–Kier alpha value is -0.260. The Bertz CT molecular complexity index is 136. The van der Waals surface area contributed by atoms with Gasteiger partial charge in [-0.3, -0.25) is 0 Å². The van der Waals surface area contributed by atoms with Crippen LogP contribution in [0.3, 0.4) is 0 Å². The Morgan fingerprint density at radius 3 is 2.89 bits per heavy atom. The Balaban J connectivity index is 2.42. The summed E-state index contributed by atoms with van der Waals surface area (Å²) < 4.78 is 7.36. The lowest BCUT2D eigenvalue weighted by Gasteiger charge is -2.20. The van der Waals surface area contributed by atoms with Gasteiger partial charge in [-0.05, 0) is 31.1 Å². The number of hydrogen-bond acceptors (Lipinski definition) is 0. The van der Waals surface area contributed by atoms with Gasteiger partial charge < -0.3 is 0 Å². The molecule has 9 heavy (non-hydrogen) atoms. The van der Waals surface area contributed by atoms with Crippen molar-refractivity contribution < 1.29 is 1.37 Å². The average molecular weight is 125 g/mol. The van der Waals surface area contributed by atoms with Gasteiger partial charge in [-0.1, -0.05) is 26.0 Å². The summed E-state index contributed by atoms with van der Waals surface area (Å²) in [4.78, 5) is 0. The molecule has 0 amide bonds. The van der Waals surface area contributed by atoms with Crippen LogP contribution in [0.25, 0.3) is 0 Å². The third kappa shape index (κ3) is 1.85. The van der Waals surface area contributed by atoms with Crippen molar-refractivity contribution in [2.24, 2.45) is 11.8 Å². The standard InChI is InChI=1S/C9H16/c1-8(2)9-6-4-3-5-7-9/h3-4,8-9H,5-7H2,1-2H3/t9-/m1/s1/i3D. The summed E-state index contributed by atoms with van der Waals surface area (Å²) >= 11 is 0. The first-order valence-electron chi connectivity index (χ1n) is 4.36. The molecule has 0 N–H and O–H groups in total. The smallest absolute Gasteiger partial charge is 0.0572 e. The molecule has 0 aromatic carbocycles. The predicted octanol–water partition coefficient (Wildman–Crippen LogP) is 3.00. The van der Waals surface area contributed by atoms with Crippen molar-refractivity contribution in [3.63, 3.8) is 0 Å². The Morgan fingerprint density at radius 1 is 1.67 bits per heavy atom. The summed E-state index contributed by atoms with van der Waals surface area (Å²) in [6.07, 6.45) is 5.44. The van der Waals surface area contributed by atoms with Gasteiger partial charge in [0.1, 0.15) is 0 Å². The van der Waals surface area contributed by atoms with Gasteiger partial charge >= 0.3 is 0 Å². The van der Waals surface area contributed by atoms with Crippen LogP contribution in [-0.4, -0.2) is 0 Å². The van der Waals surface area contributed by atoms with E-state index < -0.39 is 0 Å². The number of allylic oxidation sites excluding steroid dienone is 2. The van der Waals surface area contributed by atoms with Crippen molar-refractivity contribution in [2.75, 3.05) is 0 Å². The molecule has 0 saturated carbocycles.